The van der Waals surface area contributed by atoms with Crippen molar-refractivity contribution in [2.24, 2.45) is 11.8 Å². The zero-order valence-corrected chi connectivity index (χ0v) is 37.3. The highest BCUT2D eigenvalue weighted by molar-refractivity contribution is 5.98. The molecule has 0 radical (unpaired) electrons. The molecule has 1 saturated heterocycles. The zero-order chi connectivity index (χ0) is 47.1. The summed E-state index contributed by atoms with van der Waals surface area (Å²) < 4.78 is 61.3. The molecule has 14 nitrogen and oxygen atoms in total. The molecule has 6 rings (SSSR count). The van der Waals surface area contributed by atoms with E-state index >= 15 is 0 Å². The van der Waals surface area contributed by atoms with E-state index in [1.54, 1.807) is 20.8 Å². The van der Waals surface area contributed by atoms with Crippen molar-refractivity contribution >= 4 is 29.5 Å². The van der Waals surface area contributed by atoms with Crippen LogP contribution in [0.1, 0.15) is 86.6 Å². The fraction of sp³-hybridized carbons (Fsp3) is 0.489. The number of aliphatic hydroxyl groups is 1. The minimum atomic E-state index is -4.84. The third-order valence-corrected chi connectivity index (χ3v) is 11.9. The number of aliphatic hydroxyl groups excluding tert-OH is 1. The Balaban J connectivity index is 1.13. The van der Waals surface area contributed by atoms with Crippen molar-refractivity contribution in [2.45, 2.75) is 102 Å². The number of benzene rings is 3. The van der Waals surface area contributed by atoms with Crippen molar-refractivity contribution in [3.05, 3.63) is 89.2 Å². The Hall–Kier alpha value is -5.88. The summed E-state index contributed by atoms with van der Waals surface area (Å²) in [7, 11) is 2.07. The highest BCUT2D eigenvalue weighted by Gasteiger charge is 2.60. The van der Waals surface area contributed by atoms with Crippen molar-refractivity contribution in [1.82, 2.24) is 36.0 Å². The number of hydrogen-bond donors (Lipinski definition) is 6. The van der Waals surface area contributed by atoms with Crippen LogP contribution >= 0.6 is 0 Å². The van der Waals surface area contributed by atoms with Crippen molar-refractivity contribution in [2.75, 3.05) is 38.6 Å². The van der Waals surface area contributed by atoms with Crippen LogP contribution in [0.15, 0.2) is 66.7 Å². The maximum atomic E-state index is 14.3. The Kier molecular flexibility index (Phi) is 15.3. The van der Waals surface area contributed by atoms with Gasteiger partial charge in [-0.05, 0) is 151 Å². The lowest BCUT2D eigenvalue weighted by Crippen LogP contribution is -2.48. The van der Waals surface area contributed by atoms with E-state index in [0.29, 0.717) is 43.5 Å². The Morgan fingerprint density at radius 1 is 0.892 bits per heavy atom. The Bertz CT molecular complexity index is 2280. The topological polar surface area (TPSA) is 191 Å². The van der Waals surface area contributed by atoms with Gasteiger partial charge in [-0.25, -0.2) is 9.78 Å². The van der Waals surface area contributed by atoms with Crippen molar-refractivity contribution < 1.29 is 46.6 Å². The maximum Gasteiger partial charge on any atom is 0.407 e. The first-order chi connectivity index (χ1) is 30.7. The van der Waals surface area contributed by atoms with E-state index < -0.39 is 47.9 Å². The summed E-state index contributed by atoms with van der Waals surface area (Å²) in [6.45, 7) is 7.51. The Morgan fingerprint density at radius 2 is 1.54 bits per heavy atom. The Morgan fingerprint density at radius 3 is 2.15 bits per heavy atom. The molecule has 1 saturated carbocycles. The third-order valence-electron chi connectivity index (χ3n) is 11.9. The smallest absolute Gasteiger partial charge is 0.407 e. The zero-order valence-electron chi connectivity index (χ0n) is 37.3. The van der Waals surface area contributed by atoms with Gasteiger partial charge in [0.15, 0.2) is 5.82 Å². The summed E-state index contributed by atoms with van der Waals surface area (Å²) in [5, 5.41) is 26.0. The number of H-pyrrole nitrogens is 1. The number of hydrogen-bond acceptors (Lipinski definition) is 9. The van der Waals surface area contributed by atoms with Gasteiger partial charge < -0.3 is 36.0 Å². The number of aromatic nitrogens is 3. The predicted octanol–water partition coefficient (Wildman–Crippen LogP) is 6.99. The second-order valence-electron chi connectivity index (χ2n) is 18.2. The summed E-state index contributed by atoms with van der Waals surface area (Å²) in [4.78, 5) is 58.8. The van der Waals surface area contributed by atoms with E-state index in [-0.39, 0.29) is 47.5 Å². The number of likely N-dealkylation sites (tertiary alicyclic amines) is 1. The fourth-order valence-corrected chi connectivity index (χ4v) is 8.01. The van der Waals surface area contributed by atoms with E-state index in [2.05, 4.69) is 48.4 Å². The monoisotopic (exact) mass is 906 g/mol. The summed E-state index contributed by atoms with van der Waals surface area (Å²) in [5.41, 5.74) is 3.99. The van der Waals surface area contributed by atoms with Gasteiger partial charge in [-0.2, -0.15) is 22.7 Å². The van der Waals surface area contributed by atoms with Crippen LogP contribution < -0.4 is 21.3 Å². The number of anilines is 1. The summed E-state index contributed by atoms with van der Waals surface area (Å²) >= 11 is 0. The van der Waals surface area contributed by atoms with E-state index in [0.717, 1.165) is 48.2 Å². The summed E-state index contributed by atoms with van der Waals surface area (Å²) in [6, 6.07) is 18.1. The lowest BCUT2D eigenvalue weighted by atomic mass is 9.81. The summed E-state index contributed by atoms with van der Waals surface area (Å²) in [5.74, 6) is -12.5. The molecule has 2 aliphatic rings. The lowest BCUT2D eigenvalue weighted by molar-refractivity contribution is -0.236. The largest absolute Gasteiger partial charge is 0.444 e. The molecular formula is C47H58F4N8O6. The van der Waals surface area contributed by atoms with Crippen LogP contribution in [0.4, 0.5) is 28.0 Å². The Labute approximate surface area is 375 Å². The van der Waals surface area contributed by atoms with Crippen LogP contribution in [0.3, 0.4) is 0 Å². The maximum absolute atomic E-state index is 14.3. The van der Waals surface area contributed by atoms with E-state index in [4.69, 9.17) is 9.84 Å². The number of ether oxygens (including phenoxy) is 1. The molecule has 1 aliphatic heterocycles. The van der Waals surface area contributed by atoms with Gasteiger partial charge in [0.25, 0.3) is 5.91 Å². The minimum absolute atomic E-state index is 0.101. The van der Waals surface area contributed by atoms with Crippen LogP contribution in [0.25, 0.3) is 22.5 Å². The number of alkyl carbamates (subject to hydrolysis) is 1. The molecule has 6 N–H and O–H groups in total. The average Bonchev–Trinajstić information content (AvgIpc) is 3.78. The van der Waals surface area contributed by atoms with Crippen LogP contribution in [0, 0.1) is 18.8 Å². The molecule has 65 heavy (non-hydrogen) atoms. The number of amides is 4. The molecule has 2 heterocycles. The molecule has 1 aromatic heterocycles. The van der Waals surface area contributed by atoms with Gasteiger partial charge in [0, 0.05) is 41.7 Å². The molecule has 1 aliphatic carbocycles. The first-order valence-corrected chi connectivity index (χ1v) is 21.9. The number of rotatable bonds is 15. The molecule has 1 atom stereocenters. The van der Waals surface area contributed by atoms with E-state index in [1.807, 2.05) is 49.4 Å². The summed E-state index contributed by atoms with van der Waals surface area (Å²) in [6.07, 6.45) is 3.95. The van der Waals surface area contributed by atoms with E-state index in [9.17, 15) is 36.7 Å². The third kappa shape index (κ3) is 12.7. The van der Waals surface area contributed by atoms with Crippen molar-refractivity contribution in [3.63, 3.8) is 0 Å². The fourth-order valence-electron chi connectivity index (χ4n) is 8.01. The quantitative estimate of drug-likeness (QED) is 0.0684. The molecule has 0 spiro atoms. The molecule has 0 bridgehead atoms. The molecule has 18 heteroatoms. The first-order valence-electron chi connectivity index (χ1n) is 21.9. The predicted molar refractivity (Wildman–Crippen MR) is 236 cm³/mol. The SMILES string of the molecule is Cc1cc(C(=O)NC2CCN(C)CC2)ccc1-c1ccc(C[C@H](NC(=O)[C@H]2CC[C@H](CNC(=O)OC(C)(C)C)CC2)C(=O)Nc2ccc(-c3nc(C(F)(F)C(F)(F)CO)n[nH]3)cc2)cc1. The van der Waals surface area contributed by atoms with Crippen LogP contribution in [0.5, 0.6) is 0 Å². The number of nitrogens with one attached hydrogen (secondary N) is 5. The van der Waals surface area contributed by atoms with E-state index in [1.165, 1.54) is 24.3 Å². The standard InChI is InChI=1S/C47H58F4N8O6/c1-28-24-34(41(62)53-36-20-22-59(5)23-21-36)16-19-37(28)31-10-6-29(7-11-31)25-38(55-40(61)33-12-8-30(9-13-33)26-52-44(64)65-45(2,3)4)42(63)54-35-17-14-32(15-18-35)39-56-43(58-57-39)47(50,51)46(48,49)27-60/h6-7,10-11,14-19,24,30,33,36,38,60H,8-9,12-13,20-23,25-27H2,1-5H3,(H,52,64)(H,53,62)(H,54,63)(H,55,61)(H,56,57,58)/t30-,33-,38-/m0/s1. The highest BCUT2D eigenvalue weighted by atomic mass is 19.3. The number of nitrogens with zero attached hydrogens (tertiary/aromatic N) is 3. The van der Waals surface area contributed by atoms with Crippen molar-refractivity contribution in [3.8, 4) is 22.5 Å². The number of alkyl halides is 4. The molecule has 0 unspecified atom stereocenters. The van der Waals surface area contributed by atoms with Gasteiger partial charge in [-0.1, -0.05) is 30.3 Å². The molecular weight excluding hydrogens is 849 g/mol. The second kappa shape index (κ2) is 20.5. The molecule has 2 fully saturated rings. The van der Waals surface area contributed by atoms with Gasteiger partial charge >= 0.3 is 17.9 Å². The van der Waals surface area contributed by atoms with Gasteiger partial charge in [0.2, 0.25) is 17.6 Å². The minimum Gasteiger partial charge on any atom is -0.444 e. The molecule has 4 amide bonds. The number of carbonyl (C=O) groups excluding carboxylic acids is 4. The second-order valence-corrected chi connectivity index (χ2v) is 18.2. The molecule has 3 aromatic carbocycles. The normalized spacial score (nSPS) is 18.1. The molecule has 4 aromatic rings. The lowest BCUT2D eigenvalue weighted by Gasteiger charge is -2.29. The number of piperidine rings is 1. The van der Waals surface area contributed by atoms with Crippen LogP contribution in [0.2, 0.25) is 0 Å². The van der Waals surface area contributed by atoms with Crippen LogP contribution in [-0.4, -0.2) is 106 Å². The van der Waals surface area contributed by atoms with Gasteiger partial charge in [0.1, 0.15) is 18.2 Å². The highest BCUT2D eigenvalue weighted by Crippen LogP contribution is 2.41. The number of aromatic amines is 1. The number of carbonyl (C=O) groups is 4. The number of aryl methyl sites for hydroxylation is 1. The molecule has 350 valence electrons. The van der Waals surface area contributed by atoms with Gasteiger partial charge in [0.05, 0.1) is 0 Å². The van der Waals surface area contributed by atoms with Crippen molar-refractivity contribution in [1.29, 1.82) is 0 Å². The average molecular weight is 907 g/mol. The van der Waals surface area contributed by atoms with Crippen LogP contribution in [-0.2, 0) is 26.7 Å². The first kappa shape index (κ1) is 48.6. The van der Waals surface area contributed by atoms with Gasteiger partial charge in [-0.15, -0.1) is 0 Å². The van der Waals surface area contributed by atoms with Gasteiger partial charge in [-0.3, -0.25) is 19.5 Å². The number of halogens is 4.